The third kappa shape index (κ3) is 4.95. The van der Waals surface area contributed by atoms with E-state index in [0.29, 0.717) is 29.7 Å². The van der Waals surface area contributed by atoms with Gasteiger partial charge in [-0.1, -0.05) is 19.9 Å². The number of amides is 2. The van der Waals surface area contributed by atoms with E-state index >= 15 is 0 Å². The van der Waals surface area contributed by atoms with Crippen molar-refractivity contribution in [3.8, 4) is 0 Å². The lowest BCUT2D eigenvalue weighted by atomic mass is 9.97. The molecule has 0 spiro atoms. The largest absolute Gasteiger partial charge is 0.337 e. The van der Waals surface area contributed by atoms with Gasteiger partial charge in [0.15, 0.2) is 0 Å². The van der Waals surface area contributed by atoms with Crippen molar-refractivity contribution in [2.45, 2.75) is 47.0 Å². The number of hydrogen-bond acceptors (Lipinski definition) is 5. The van der Waals surface area contributed by atoms with E-state index in [9.17, 15) is 9.59 Å². The van der Waals surface area contributed by atoms with Gasteiger partial charge in [-0.05, 0) is 44.2 Å². The zero-order valence-corrected chi connectivity index (χ0v) is 17.8. The quantitative estimate of drug-likeness (QED) is 0.827. The Kier molecular flexibility index (Phi) is 6.44. The Morgan fingerprint density at radius 2 is 2.11 bits per heavy atom. The van der Waals surface area contributed by atoms with E-state index in [1.807, 2.05) is 19.9 Å². The number of carbonyl (C=O) groups is 2. The lowest BCUT2D eigenvalue weighted by Gasteiger charge is -2.31. The first kappa shape index (κ1) is 20.5. The molecule has 1 unspecified atom stereocenters. The Morgan fingerprint density at radius 1 is 1.32 bits per heavy atom. The van der Waals surface area contributed by atoms with E-state index in [1.54, 1.807) is 17.2 Å². The summed E-state index contributed by atoms with van der Waals surface area (Å²) in [5, 5.41) is 3.88. The van der Waals surface area contributed by atoms with Gasteiger partial charge in [-0.3, -0.25) is 9.59 Å². The Labute approximate surface area is 170 Å². The molecule has 0 saturated carbocycles. The van der Waals surface area contributed by atoms with Crippen molar-refractivity contribution in [3.63, 3.8) is 0 Å². The zero-order chi connectivity index (χ0) is 20.3. The van der Waals surface area contributed by atoms with E-state index in [4.69, 9.17) is 0 Å². The van der Waals surface area contributed by atoms with E-state index in [0.717, 1.165) is 35.5 Å². The monoisotopic (exact) mass is 400 g/mol. The molecule has 28 heavy (non-hydrogen) atoms. The number of likely N-dealkylation sites (tertiary alicyclic amines) is 1. The highest BCUT2D eigenvalue weighted by Crippen LogP contribution is 2.25. The van der Waals surface area contributed by atoms with Crippen molar-refractivity contribution in [3.05, 3.63) is 39.5 Å². The van der Waals surface area contributed by atoms with Gasteiger partial charge in [0.1, 0.15) is 10.7 Å². The van der Waals surface area contributed by atoms with Gasteiger partial charge in [0, 0.05) is 25.7 Å². The van der Waals surface area contributed by atoms with Crippen molar-refractivity contribution in [2.24, 2.45) is 11.8 Å². The molecule has 0 aromatic carbocycles. The summed E-state index contributed by atoms with van der Waals surface area (Å²) in [7, 11) is 0. The SMILES string of the molecule is Cc1ccc(NC(=O)C2CCCN(C(=O)c3sc(CC(C)C)nc3C)C2)nc1. The van der Waals surface area contributed by atoms with Gasteiger partial charge in [-0.2, -0.15) is 0 Å². The Bertz CT molecular complexity index is 845. The van der Waals surface area contributed by atoms with Crippen LogP contribution in [0.4, 0.5) is 5.82 Å². The van der Waals surface area contributed by atoms with Crippen molar-refractivity contribution < 1.29 is 9.59 Å². The number of nitrogens with one attached hydrogen (secondary N) is 1. The number of hydrogen-bond donors (Lipinski definition) is 1. The van der Waals surface area contributed by atoms with Gasteiger partial charge < -0.3 is 10.2 Å². The molecule has 150 valence electrons. The van der Waals surface area contributed by atoms with Gasteiger partial charge in [-0.15, -0.1) is 11.3 Å². The van der Waals surface area contributed by atoms with Crippen LogP contribution in [-0.2, 0) is 11.2 Å². The molecule has 1 aliphatic heterocycles. The average molecular weight is 401 g/mol. The molecule has 1 N–H and O–H groups in total. The first-order chi connectivity index (χ1) is 13.3. The number of aryl methyl sites for hydroxylation is 2. The molecule has 2 aromatic rings. The second-order valence-electron chi connectivity index (χ2n) is 7.92. The van der Waals surface area contributed by atoms with Gasteiger partial charge in [-0.25, -0.2) is 9.97 Å². The van der Waals surface area contributed by atoms with Crippen LogP contribution >= 0.6 is 11.3 Å². The molecule has 1 fully saturated rings. The molecular formula is C21H28N4O2S. The summed E-state index contributed by atoms with van der Waals surface area (Å²) < 4.78 is 0. The number of aromatic nitrogens is 2. The molecule has 7 heteroatoms. The Morgan fingerprint density at radius 3 is 2.79 bits per heavy atom. The van der Waals surface area contributed by atoms with Crippen molar-refractivity contribution in [2.75, 3.05) is 18.4 Å². The molecule has 3 rings (SSSR count). The summed E-state index contributed by atoms with van der Waals surface area (Å²) >= 11 is 1.49. The van der Waals surface area contributed by atoms with Gasteiger partial charge in [0.2, 0.25) is 5.91 Å². The van der Waals surface area contributed by atoms with Gasteiger partial charge in [0.25, 0.3) is 5.91 Å². The minimum atomic E-state index is -0.218. The second kappa shape index (κ2) is 8.82. The summed E-state index contributed by atoms with van der Waals surface area (Å²) in [6.07, 6.45) is 4.21. The molecule has 0 aliphatic carbocycles. The summed E-state index contributed by atoms with van der Waals surface area (Å²) in [5.74, 6) is 0.762. The highest BCUT2D eigenvalue weighted by molar-refractivity contribution is 7.13. The highest BCUT2D eigenvalue weighted by Gasteiger charge is 2.30. The smallest absolute Gasteiger partial charge is 0.265 e. The van der Waals surface area contributed by atoms with Crippen LogP contribution in [0, 0.1) is 25.7 Å². The molecule has 6 nitrogen and oxygen atoms in total. The number of carbonyl (C=O) groups excluding carboxylic acids is 2. The number of pyridine rings is 1. The predicted molar refractivity (Wildman–Crippen MR) is 112 cm³/mol. The van der Waals surface area contributed by atoms with Crippen LogP contribution in [0.25, 0.3) is 0 Å². The predicted octanol–water partition coefficient (Wildman–Crippen LogP) is 3.84. The molecule has 3 heterocycles. The van der Waals surface area contributed by atoms with Gasteiger partial charge in [0.05, 0.1) is 16.6 Å². The molecule has 0 bridgehead atoms. The van der Waals surface area contributed by atoms with Crippen molar-refractivity contribution >= 4 is 29.0 Å². The second-order valence-corrected chi connectivity index (χ2v) is 9.00. The molecule has 2 amide bonds. The van der Waals surface area contributed by atoms with E-state index in [-0.39, 0.29) is 17.7 Å². The van der Waals surface area contributed by atoms with Crippen molar-refractivity contribution in [1.29, 1.82) is 0 Å². The van der Waals surface area contributed by atoms with Crippen LogP contribution in [0.3, 0.4) is 0 Å². The lowest BCUT2D eigenvalue weighted by Crippen LogP contribution is -2.43. The molecule has 1 aliphatic rings. The molecular weight excluding hydrogens is 372 g/mol. The number of anilines is 1. The van der Waals surface area contributed by atoms with E-state index in [1.165, 1.54) is 11.3 Å². The maximum absolute atomic E-state index is 13.0. The first-order valence-electron chi connectivity index (χ1n) is 9.82. The van der Waals surface area contributed by atoms with Crippen molar-refractivity contribution in [1.82, 2.24) is 14.9 Å². The number of rotatable bonds is 5. The van der Waals surface area contributed by atoms with Gasteiger partial charge >= 0.3 is 0 Å². The molecule has 2 aromatic heterocycles. The first-order valence-corrected chi connectivity index (χ1v) is 10.6. The molecule has 0 radical (unpaired) electrons. The van der Waals surface area contributed by atoms with Crippen LogP contribution in [0.1, 0.15) is 52.6 Å². The van der Waals surface area contributed by atoms with Crippen LogP contribution in [0.5, 0.6) is 0 Å². The molecule has 1 atom stereocenters. The fraction of sp³-hybridized carbons (Fsp3) is 0.524. The number of piperidine rings is 1. The maximum atomic E-state index is 13.0. The number of thiazole rings is 1. The minimum absolute atomic E-state index is 0.00373. The zero-order valence-electron chi connectivity index (χ0n) is 17.0. The summed E-state index contributed by atoms with van der Waals surface area (Å²) in [5.41, 5.74) is 1.84. The lowest BCUT2D eigenvalue weighted by molar-refractivity contribution is -0.121. The summed E-state index contributed by atoms with van der Waals surface area (Å²) in [4.78, 5) is 37.0. The standard InChI is InChI=1S/C21H28N4O2S/c1-13(2)10-18-23-15(4)19(28-18)21(27)25-9-5-6-16(12-25)20(26)24-17-8-7-14(3)11-22-17/h7-8,11,13,16H,5-6,9-10,12H2,1-4H3,(H,22,24,26). The van der Waals surface area contributed by atoms with E-state index < -0.39 is 0 Å². The average Bonchev–Trinajstić information content (AvgIpc) is 3.02. The fourth-order valence-corrected chi connectivity index (χ4v) is 4.62. The van der Waals surface area contributed by atoms with Crippen LogP contribution < -0.4 is 5.32 Å². The Hall–Kier alpha value is -2.28. The third-order valence-electron chi connectivity index (χ3n) is 4.86. The van der Waals surface area contributed by atoms with Crippen LogP contribution in [0.2, 0.25) is 0 Å². The van der Waals surface area contributed by atoms with E-state index in [2.05, 4.69) is 29.1 Å². The maximum Gasteiger partial charge on any atom is 0.265 e. The summed E-state index contributed by atoms with van der Waals surface area (Å²) in [6.45, 7) is 9.27. The third-order valence-corrected chi connectivity index (χ3v) is 6.03. The summed E-state index contributed by atoms with van der Waals surface area (Å²) in [6, 6.07) is 3.72. The Balaban J connectivity index is 1.65. The fourth-order valence-electron chi connectivity index (χ4n) is 3.38. The number of nitrogens with zero attached hydrogens (tertiary/aromatic N) is 3. The minimum Gasteiger partial charge on any atom is -0.337 e. The van der Waals surface area contributed by atoms with Crippen LogP contribution in [0.15, 0.2) is 18.3 Å². The molecule has 1 saturated heterocycles. The highest BCUT2D eigenvalue weighted by atomic mass is 32.1. The topological polar surface area (TPSA) is 75.2 Å². The normalized spacial score (nSPS) is 17.0. The van der Waals surface area contributed by atoms with Crippen LogP contribution in [-0.4, -0.2) is 39.8 Å².